The Morgan fingerprint density at radius 1 is 1.53 bits per heavy atom. The predicted molar refractivity (Wildman–Crippen MR) is 71.8 cm³/mol. The van der Waals surface area contributed by atoms with E-state index in [0.29, 0.717) is 17.2 Å². The molecule has 0 bridgehead atoms. The van der Waals surface area contributed by atoms with Crippen molar-refractivity contribution in [1.29, 1.82) is 0 Å². The first-order valence-electron chi connectivity index (χ1n) is 5.21. The fraction of sp³-hybridized carbons (Fsp3) is 0.250. The summed E-state index contributed by atoms with van der Waals surface area (Å²) in [5.74, 6) is -0.287. The SMILES string of the molecule is Cc1sc(C(=O)OCCc2ccsc2)cc1N. The minimum absolute atomic E-state index is 0.287. The maximum Gasteiger partial charge on any atom is 0.348 e. The van der Waals surface area contributed by atoms with Crippen LogP contribution in [0.4, 0.5) is 5.69 Å². The van der Waals surface area contributed by atoms with Gasteiger partial charge in [0.2, 0.25) is 0 Å². The summed E-state index contributed by atoms with van der Waals surface area (Å²) >= 11 is 3.02. The standard InChI is InChI=1S/C12H13NO2S2/c1-8-10(13)6-11(17-8)12(14)15-4-2-9-3-5-16-7-9/h3,5-7H,2,4,13H2,1H3. The van der Waals surface area contributed by atoms with Crippen molar-refractivity contribution >= 4 is 34.3 Å². The second kappa shape index (κ2) is 5.33. The number of hydrogen-bond donors (Lipinski definition) is 1. The minimum atomic E-state index is -0.287. The lowest BCUT2D eigenvalue weighted by atomic mass is 10.3. The second-order valence-corrected chi connectivity index (χ2v) is 5.68. The molecule has 2 rings (SSSR count). The molecule has 0 saturated heterocycles. The number of anilines is 1. The molecule has 90 valence electrons. The summed E-state index contributed by atoms with van der Waals surface area (Å²) in [5.41, 5.74) is 7.54. The average molecular weight is 267 g/mol. The predicted octanol–water partition coefficient (Wildman–Crippen LogP) is 3.10. The van der Waals surface area contributed by atoms with Crippen LogP contribution in [0, 0.1) is 6.92 Å². The van der Waals surface area contributed by atoms with Crippen LogP contribution in [0.3, 0.4) is 0 Å². The van der Waals surface area contributed by atoms with Crippen LogP contribution in [0.25, 0.3) is 0 Å². The monoisotopic (exact) mass is 267 g/mol. The Labute approximate surface area is 108 Å². The molecule has 2 N–H and O–H groups in total. The fourth-order valence-corrected chi connectivity index (χ4v) is 2.90. The molecule has 0 aromatic carbocycles. The number of carbonyl (C=O) groups is 1. The summed E-state index contributed by atoms with van der Waals surface area (Å²) in [6, 6.07) is 3.71. The van der Waals surface area contributed by atoms with Gasteiger partial charge in [-0.25, -0.2) is 4.79 Å². The summed E-state index contributed by atoms with van der Waals surface area (Å²) in [5, 5.41) is 4.07. The van der Waals surface area contributed by atoms with Crippen LogP contribution in [-0.4, -0.2) is 12.6 Å². The number of nitrogens with two attached hydrogens (primary N) is 1. The number of ether oxygens (including phenoxy) is 1. The van der Waals surface area contributed by atoms with Gasteiger partial charge >= 0.3 is 5.97 Å². The Bertz CT molecular complexity index is 483. The van der Waals surface area contributed by atoms with E-state index < -0.39 is 0 Å². The first kappa shape index (κ1) is 12.1. The number of esters is 1. The lowest BCUT2D eigenvalue weighted by Gasteiger charge is -2.01. The largest absolute Gasteiger partial charge is 0.461 e. The molecule has 17 heavy (non-hydrogen) atoms. The number of nitrogen functional groups attached to an aromatic ring is 1. The Morgan fingerprint density at radius 2 is 2.35 bits per heavy atom. The molecular formula is C12H13NO2S2. The quantitative estimate of drug-likeness (QED) is 0.866. The van der Waals surface area contributed by atoms with E-state index in [1.54, 1.807) is 17.4 Å². The van der Waals surface area contributed by atoms with Crippen LogP contribution in [-0.2, 0) is 11.2 Å². The Kier molecular flexibility index (Phi) is 3.81. The average Bonchev–Trinajstić information content (AvgIpc) is 2.90. The molecule has 2 heterocycles. The van der Waals surface area contributed by atoms with Crippen molar-refractivity contribution in [3.63, 3.8) is 0 Å². The summed E-state index contributed by atoms with van der Waals surface area (Å²) in [6.07, 6.45) is 0.759. The Balaban J connectivity index is 1.85. The molecule has 0 fully saturated rings. The van der Waals surface area contributed by atoms with Gasteiger partial charge in [0.15, 0.2) is 0 Å². The maximum atomic E-state index is 11.7. The zero-order valence-electron chi connectivity index (χ0n) is 9.43. The topological polar surface area (TPSA) is 52.3 Å². The molecule has 3 nitrogen and oxygen atoms in total. The first-order chi connectivity index (χ1) is 8.16. The third-order valence-electron chi connectivity index (χ3n) is 2.36. The maximum absolute atomic E-state index is 11.7. The van der Waals surface area contributed by atoms with E-state index in [9.17, 15) is 4.79 Å². The molecule has 0 aliphatic rings. The van der Waals surface area contributed by atoms with Crippen molar-refractivity contribution in [2.75, 3.05) is 12.3 Å². The van der Waals surface area contributed by atoms with Crippen LogP contribution in [0.15, 0.2) is 22.9 Å². The molecule has 5 heteroatoms. The fourth-order valence-electron chi connectivity index (χ4n) is 1.36. The van der Waals surface area contributed by atoms with Crippen molar-refractivity contribution in [3.8, 4) is 0 Å². The van der Waals surface area contributed by atoms with Crippen LogP contribution >= 0.6 is 22.7 Å². The van der Waals surface area contributed by atoms with E-state index in [1.165, 1.54) is 16.9 Å². The van der Waals surface area contributed by atoms with Gasteiger partial charge in [-0.1, -0.05) is 0 Å². The summed E-state index contributed by atoms with van der Waals surface area (Å²) in [7, 11) is 0. The molecule has 2 aromatic rings. The number of hydrogen-bond acceptors (Lipinski definition) is 5. The highest BCUT2D eigenvalue weighted by Crippen LogP contribution is 2.24. The normalized spacial score (nSPS) is 10.4. The van der Waals surface area contributed by atoms with Gasteiger partial charge in [-0.3, -0.25) is 0 Å². The van der Waals surface area contributed by atoms with Crippen LogP contribution < -0.4 is 5.73 Å². The Hall–Kier alpha value is -1.33. The first-order valence-corrected chi connectivity index (χ1v) is 6.97. The highest BCUT2D eigenvalue weighted by molar-refractivity contribution is 7.14. The highest BCUT2D eigenvalue weighted by Gasteiger charge is 2.12. The Morgan fingerprint density at radius 3 is 2.94 bits per heavy atom. The number of aryl methyl sites for hydroxylation is 1. The van der Waals surface area contributed by atoms with Crippen LogP contribution in [0.1, 0.15) is 20.1 Å². The van der Waals surface area contributed by atoms with Gasteiger partial charge < -0.3 is 10.5 Å². The molecule has 0 spiro atoms. The van der Waals surface area contributed by atoms with Gasteiger partial charge in [0.25, 0.3) is 0 Å². The van der Waals surface area contributed by atoms with E-state index in [2.05, 4.69) is 5.38 Å². The highest BCUT2D eigenvalue weighted by atomic mass is 32.1. The lowest BCUT2D eigenvalue weighted by molar-refractivity contribution is 0.0515. The van der Waals surface area contributed by atoms with Gasteiger partial charge in [-0.15, -0.1) is 11.3 Å². The third kappa shape index (κ3) is 3.08. The summed E-state index contributed by atoms with van der Waals surface area (Å²) in [6.45, 7) is 2.30. The summed E-state index contributed by atoms with van der Waals surface area (Å²) in [4.78, 5) is 13.2. The number of rotatable bonds is 4. The number of thiophene rings is 2. The zero-order valence-corrected chi connectivity index (χ0v) is 11.1. The van der Waals surface area contributed by atoms with E-state index in [-0.39, 0.29) is 5.97 Å². The molecule has 0 aliphatic heterocycles. The van der Waals surface area contributed by atoms with Crippen molar-refractivity contribution in [1.82, 2.24) is 0 Å². The van der Waals surface area contributed by atoms with Crippen LogP contribution in [0.5, 0.6) is 0 Å². The molecule has 0 aliphatic carbocycles. The van der Waals surface area contributed by atoms with E-state index in [1.807, 2.05) is 18.4 Å². The molecule has 0 unspecified atom stereocenters. The van der Waals surface area contributed by atoms with Crippen molar-refractivity contribution in [3.05, 3.63) is 38.2 Å². The van der Waals surface area contributed by atoms with Gasteiger partial charge in [-0.05, 0) is 35.4 Å². The van der Waals surface area contributed by atoms with Crippen molar-refractivity contribution in [2.24, 2.45) is 0 Å². The second-order valence-electron chi connectivity index (χ2n) is 3.64. The molecule has 0 saturated carbocycles. The van der Waals surface area contributed by atoms with E-state index in [0.717, 1.165) is 11.3 Å². The van der Waals surface area contributed by atoms with Crippen molar-refractivity contribution < 1.29 is 9.53 Å². The van der Waals surface area contributed by atoms with Crippen LogP contribution in [0.2, 0.25) is 0 Å². The third-order valence-corrected chi connectivity index (χ3v) is 4.14. The van der Waals surface area contributed by atoms with Gasteiger partial charge in [0, 0.05) is 17.0 Å². The molecule has 0 amide bonds. The lowest BCUT2D eigenvalue weighted by Crippen LogP contribution is -2.06. The van der Waals surface area contributed by atoms with Gasteiger partial charge in [0.05, 0.1) is 6.61 Å². The molecular weight excluding hydrogens is 254 g/mol. The number of carbonyl (C=O) groups excluding carboxylic acids is 1. The molecule has 0 atom stereocenters. The molecule has 0 radical (unpaired) electrons. The smallest absolute Gasteiger partial charge is 0.348 e. The van der Waals surface area contributed by atoms with E-state index >= 15 is 0 Å². The van der Waals surface area contributed by atoms with Gasteiger partial charge in [0.1, 0.15) is 4.88 Å². The van der Waals surface area contributed by atoms with E-state index in [4.69, 9.17) is 10.5 Å². The zero-order chi connectivity index (χ0) is 12.3. The molecule has 2 aromatic heterocycles. The van der Waals surface area contributed by atoms with Gasteiger partial charge in [-0.2, -0.15) is 11.3 Å². The van der Waals surface area contributed by atoms with Crippen molar-refractivity contribution in [2.45, 2.75) is 13.3 Å². The minimum Gasteiger partial charge on any atom is -0.461 e. The summed E-state index contributed by atoms with van der Waals surface area (Å²) < 4.78 is 5.19.